The van der Waals surface area contributed by atoms with Crippen LogP contribution in [0.3, 0.4) is 0 Å². The fourth-order valence-electron chi connectivity index (χ4n) is 1.26. The molecule has 8 heteroatoms. The van der Waals surface area contributed by atoms with Crippen LogP contribution in [0.5, 0.6) is 11.8 Å². The van der Waals surface area contributed by atoms with E-state index in [0.29, 0.717) is 22.7 Å². The number of aromatic nitrogens is 4. The Hall–Kier alpha value is -2.15. The smallest absolute Gasteiger partial charge is 0.328 e. The van der Waals surface area contributed by atoms with Crippen molar-refractivity contribution >= 4 is 23.5 Å². The molecule has 0 aliphatic carbocycles. The first-order chi connectivity index (χ1) is 9.08. The summed E-state index contributed by atoms with van der Waals surface area (Å²) in [4.78, 5) is 18.1. The van der Waals surface area contributed by atoms with Gasteiger partial charge in [-0.1, -0.05) is 11.6 Å². The molecular formula is C11H13ClN6O. The number of pyridine rings is 1. The van der Waals surface area contributed by atoms with Crippen molar-refractivity contribution in [1.82, 2.24) is 19.9 Å². The van der Waals surface area contributed by atoms with E-state index < -0.39 is 0 Å². The Morgan fingerprint density at radius 3 is 2.63 bits per heavy atom. The Kier molecular flexibility index (Phi) is 3.96. The SMILES string of the molecule is CNc1nc(Oc2cncc(Cl)c2)nc(N(C)C)n1. The Labute approximate surface area is 115 Å². The van der Waals surface area contributed by atoms with Gasteiger partial charge in [-0.2, -0.15) is 15.0 Å². The molecule has 0 saturated heterocycles. The molecule has 100 valence electrons. The molecule has 0 saturated carbocycles. The van der Waals surface area contributed by atoms with E-state index in [1.165, 1.54) is 12.4 Å². The van der Waals surface area contributed by atoms with Crippen molar-refractivity contribution in [2.75, 3.05) is 31.4 Å². The molecule has 1 N–H and O–H groups in total. The van der Waals surface area contributed by atoms with E-state index in [2.05, 4.69) is 25.3 Å². The lowest BCUT2D eigenvalue weighted by atomic mass is 10.5. The van der Waals surface area contributed by atoms with Gasteiger partial charge in [-0.25, -0.2) is 0 Å². The molecule has 7 nitrogen and oxygen atoms in total. The fraction of sp³-hybridized carbons (Fsp3) is 0.273. The van der Waals surface area contributed by atoms with Crippen LogP contribution in [0.1, 0.15) is 0 Å². The minimum atomic E-state index is 0.173. The molecule has 0 aromatic carbocycles. The predicted molar refractivity (Wildman–Crippen MR) is 73.0 cm³/mol. The van der Waals surface area contributed by atoms with Crippen molar-refractivity contribution in [3.05, 3.63) is 23.5 Å². The second kappa shape index (κ2) is 5.66. The zero-order chi connectivity index (χ0) is 13.8. The third-order valence-electron chi connectivity index (χ3n) is 2.12. The summed E-state index contributed by atoms with van der Waals surface area (Å²) in [6.45, 7) is 0. The first-order valence-corrected chi connectivity index (χ1v) is 5.86. The molecule has 2 aromatic rings. The standard InChI is InChI=1S/C11H13ClN6O/c1-13-9-15-10(18(2)3)17-11(16-9)19-8-4-7(12)5-14-6-8/h4-6H,1-3H3,(H,13,15,16,17). The quantitative estimate of drug-likeness (QED) is 0.915. The number of hydrogen-bond acceptors (Lipinski definition) is 7. The second-order valence-electron chi connectivity index (χ2n) is 3.83. The van der Waals surface area contributed by atoms with Crippen molar-refractivity contribution in [3.8, 4) is 11.8 Å². The fourth-order valence-corrected chi connectivity index (χ4v) is 1.42. The van der Waals surface area contributed by atoms with Crippen LogP contribution in [0.4, 0.5) is 11.9 Å². The summed E-state index contributed by atoms with van der Waals surface area (Å²) in [7, 11) is 5.39. The zero-order valence-electron chi connectivity index (χ0n) is 10.8. The Bertz CT molecular complexity index is 577. The van der Waals surface area contributed by atoms with Crippen LogP contribution >= 0.6 is 11.6 Å². The van der Waals surface area contributed by atoms with E-state index in [9.17, 15) is 0 Å². The molecular weight excluding hydrogens is 268 g/mol. The normalized spacial score (nSPS) is 10.1. The summed E-state index contributed by atoms with van der Waals surface area (Å²) in [5.74, 6) is 1.37. The van der Waals surface area contributed by atoms with Gasteiger partial charge in [0.2, 0.25) is 11.9 Å². The van der Waals surface area contributed by atoms with Crippen molar-refractivity contribution in [2.24, 2.45) is 0 Å². The van der Waals surface area contributed by atoms with Crippen molar-refractivity contribution in [1.29, 1.82) is 0 Å². The van der Waals surface area contributed by atoms with Crippen LogP contribution in [-0.2, 0) is 0 Å². The molecule has 0 fully saturated rings. The highest BCUT2D eigenvalue weighted by Crippen LogP contribution is 2.22. The van der Waals surface area contributed by atoms with Crippen LogP contribution in [0, 0.1) is 0 Å². The molecule has 0 bridgehead atoms. The van der Waals surface area contributed by atoms with Gasteiger partial charge in [-0.05, 0) is 0 Å². The first kappa shape index (κ1) is 13.3. The average Bonchev–Trinajstić information content (AvgIpc) is 2.38. The molecule has 0 aliphatic rings. The molecule has 0 radical (unpaired) electrons. The Balaban J connectivity index is 2.31. The van der Waals surface area contributed by atoms with Gasteiger partial charge in [-0.3, -0.25) is 4.98 Å². The molecule has 0 atom stereocenters. The molecule has 2 rings (SSSR count). The van der Waals surface area contributed by atoms with E-state index in [0.717, 1.165) is 0 Å². The Morgan fingerprint density at radius 1 is 1.21 bits per heavy atom. The number of nitrogens with one attached hydrogen (secondary N) is 1. The van der Waals surface area contributed by atoms with Crippen LogP contribution in [-0.4, -0.2) is 41.1 Å². The van der Waals surface area contributed by atoms with Gasteiger partial charge in [0, 0.05) is 33.4 Å². The van der Waals surface area contributed by atoms with Crippen LogP contribution in [0.25, 0.3) is 0 Å². The van der Waals surface area contributed by atoms with E-state index in [1.54, 1.807) is 18.0 Å². The number of nitrogens with zero attached hydrogens (tertiary/aromatic N) is 5. The largest absolute Gasteiger partial charge is 0.422 e. The second-order valence-corrected chi connectivity index (χ2v) is 4.26. The minimum Gasteiger partial charge on any atom is -0.422 e. The number of anilines is 2. The van der Waals surface area contributed by atoms with Gasteiger partial charge in [0.1, 0.15) is 0 Å². The maximum Gasteiger partial charge on any atom is 0.328 e. The third kappa shape index (κ3) is 3.41. The van der Waals surface area contributed by atoms with Gasteiger partial charge in [0.05, 0.1) is 11.2 Å². The molecule has 0 aliphatic heterocycles. The number of hydrogen-bond donors (Lipinski definition) is 1. The maximum absolute atomic E-state index is 5.84. The van der Waals surface area contributed by atoms with Crippen molar-refractivity contribution in [2.45, 2.75) is 0 Å². The van der Waals surface area contributed by atoms with E-state index in [4.69, 9.17) is 16.3 Å². The zero-order valence-corrected chi connectivity index (χ0v) is 11.5. The lowest BCUT2D eigenvalue weighted by molar-refractivity contribution is 0.439. The summed E-state index contributed by atoms with van der Waals surface area (Å²) < 4.78 is 5.52. The maximum atomic E-state index is 5.84. The summed E-state index contributed by atoms with van der Waals surface area (Å²) in [6, 6.07) is 1.80. The average molecular weight is 281 g/mol. The summed E-state index contributed by atoms with van der Waals surface area (Å²) >= 11 is 5.84. The molecule has 19 heavy (non-hydrogen) atoms. The van der Waals surface area contributed by atoms with Gasteiger partial charge in [0.25, 0.3) is 0 Å². The number of halogens is 1. The summed E-state index contributed by atoms with van der Waals surface area (Å²) in [6.07, 6.45) is 3.05. The molecule has 2 heterocycles. The molecule has 2 aromatic heterocycles. The summed E-state index contributed by atoms with van der Waals surface area (Å²) in [5.41, 5.74) is 0. The van der Waals surface area contributed by atoms with E-state index >= 15 is 0 Å². The van der Waals surface area contributed by atoms with Gasteiger partial charge in [-0.15, -0.1) is 0 Å². The highest BCUT2D eigenvalue weighted by molar-refractivity contribution is 6.30. The van der Waals surface area contributed by atoms with Gasteiger partial charge in [0.15, 0.2) is 5.75 Å². The van der Waals surface area contributed by atoms with Gasteiger partial charge < -0.3 is 15.0 Å². The topological polar surface area (TPSA) is 76.1 Å². The summed E-state index contributed by atoms with van der Waals surface area (Å²) in [5, 5.41) is 3.33. The first-order valence-electron chi connectivity index (χ1n) is 5.48. The van der Waals surface area contributed by atoms with E-state index in [-0.39, 0.29) is 6.01 Å². The third-order valence-corrected chi connectivity index (χ3v) is 2.32. The lowest BCUT2D eigenvalue weighted by Crippen LogP contribution is -2.15. The van der Waals surface area contributed by atoms with Crippen LogP contribution in [0.15, 0.2) is 18.5 Å². The van der Waals surface area contributed by atoms with Crippen LogP contribution in [0.2, 0.25) is 5.02 Å². The number of ether oxygens (including phenoxy) is 1. The predicted octanol–water partition coefficient (Wildman–Crippen LogP) is 1.82. The van der Waals surface area contributed by atoms with Crippen molar-refractivity contribution < 1.29 is 4.74 Å². The minimum absolute atomic E-state index is 0.173. The molecule has 0 unspecified atom stereocenters. The van der Waals surface area contributed by atoms with Crippen LogP contribution < -0.4 is 15.0 Å². The van der Waals surface area contributed by atoms with E-state index in [1.807, 2.05) is 14.1 Å². The van der Waals surface area contributed by atoms with Crippen molar-refractivity contribution in [3.63, 3.8) is 0 Å². The molecule has 0 spiro atoms. The highest BCUT2D eigenvalue weighted by atomic mass is 35.5. The highest BCUT2D eigenvalue weighted by Gasteiger charge is 2.09. The van der Waals surface area contributed by atoms with Gasteiger partial charge >= 0.3 is 6.01 Å². The lowest BCUT2D eigenvalue weighted by Gasteiger charge is -2.12. The monoisotopic (exact) mass is 280 g/mol. The number of rotatable bonds is 4. The Morgan fingerprint density at radius 2 is 2.00 bits per heavy atom. The molecule has 0 amide bonds.